The van der Waals surface area contributed by atoms with E-state index in [1.54, 1.807) is 32.9 Å². The first-order valence-corrected chi connectivity index (χ1v) is 14.0. The normalized spacial score (nSPS) is 19.4. The first-order chi connectivity index (χ1) is 18.4. The summed E-state index contributed by atoms with van der Waals surface area (Å²) in [5.74, 6) is 0.764. The molecule has 7 rings (SSSR count). The summed E-state index contributed by atoms with van der Waals surface area (Å²) < 4.78 is 9.06. The maximum absolute atomic E-state index is 13.7. The molecule has 1 saturated carbocycles. The molecule has 1 fully saturated rings. The van der Waals surface area contributed by atoms with Crippen molar-refractivity contribution in [3.63, 3.8) is 0 Å². The van der Waals surface area contributed by atoms with Crippen molar-refractivity contribution in [1.29, 1.82) is 0 Å². The highest BCUT2D eigenvalue weighted by Gasteiger charge is 2.41. The second-order valence-electron chi connectivity index (χ2n) is 10.3. The minimum Gasteiger partial charge on any atom is -0.488 e. The van der Waals surface area contributed by atoms with Gasteiger partial charge in [0.25, 0.3) is 11.8 Å². The van der Waals surface area contributed by atoms with Gasteiger partial charge in [0.2, 0.25) is 0 Å². The zero-order chi connectivity index (χ0) is 26.1. The molecule has 8 nitrogen and oxygen atoms in total. The molecular weight excluding hydrogens is 522 g/mol. The van der Waals surface area contributed by atoms with Gasteiger partial charge in [0.05, 0.1) is 27.5 Å². The fourth-order valence-corrected chi connectivity index (χ4v) is 6.93. The van der Waals surface area contributed by atoms with Crippen molar-refractivity contribution in [2.24, 2.45) is 0 Å². The Morgan fingerprint density at radius 1 is 1.18 bits per heavy atom. The molecule has 4 aromatic rings. The van der Waals surface area contributed by atoms with Gasteiger partial charge in [-0.2, -0.15) is 5.10 Å². The lowest BCUT2D eigenvalue weighted by Crippen LogP contribution is -2.54. The van der Waals surface area contributed by atoms with Gasteiger partial charge >= 0.3 is 0 Å². The Morgan fingerprint density at radius 3 is 2.74 bits per heavy atom. The first kappa shape index (κ1) is 23.7. The van der Waals surface area contributed by atoms with Crippen molar-refractivity contribution in [2.45, 2.75) is 44.7 Å². The number of fused-ring (bicyclic) bond motifs is 3. The van der Waals surface area contributed by atoms with E-state index in [9.17, 15) is 9.59 Å². The van der Waals surface area contributed by atoms with Crippen LogP contribution in [0.5, 0.6) is 5.75 Å². The number of likely N-dealkylation sites (N-methyl/N-ethyl adjacent to an activating group) is 1. The van der Waals surface area contributed by atoms with Crippen molar-refractivity contribution in [2.75, 3.05) is 25.1 Å². The van der Waals surface area contributed by atoms with Crippen LogP contribution in [0, 0.1) is 6.92 Å². The number of carbonyl (C=O) groups excluding carboxylic acids is 2. The largest absolute Gasteiger partial charge is 0.488 e. The number of aryl methyl sites for hydroxylation is 1. The molecule has 2 amide bonds. The number of nitrogens with zero attached hydrogens (tertiary/aromatic N) is 5. The minimum atomic E-state index is -0.765. The third-order valence-corrected chi connectivity index (χ3v) is 9.52. The van der Waals surface area contributed by atoms with Gasteiger partial charge in [-0.05, 0) is 37.8 Å². The number of thiazole rings is 1. The number of halogens is 1. The molecule has 10 heteroatoms. The minimum absolute atomic E-state index is 0.0797. The third-order valence-electron chi connectivity index (χ3n) is 7.75. The SMILES string of the molecule is Cc1c2c(cc3nc(C4CC4)sc13)N(C)C(=O)[C@@H](N1CCc3c(nn(Cc4ccccc4)c3Cl)C1=O)CO2. The van der Waals surface area contributed by atoms with Crippen molar-refractivity contribution < 1.29 is 14.3 Å². The Morgan fingerprint density at radius 2 is 1.97 bits per heavy atom. The summed E-state index contributed by atoms with van der Waals surface area (Å²) >= 11 is 8.37. The van der Waals surface area contributed by atoms with Crippen molar-refractivity contribution in [1.82, 2.24) is 19.7 Å². The van der Waals surface area contributed by atoms with Crippen LogP contribution in [-0.4, -0.2) is 57.7 Å². The Bertz CT molecular complexity index is 1610. The molecule has 2 aromatic heterocycles. The van der Waals surface area contributed by atoms with E-state index in [1.807, 2.05) is 43.3 Å². The van der Waals surface area contributed by atoms with Crippen LogP contribution in [-0.2, 0) is 17.8 Å². The van der Waals surface area contributed by atoms with E-state index in [2.05, 4.69) is 5.10 Å². The quantitative estimate of drug-likeness (QED) is 0.366. The number of ether oxygens (including phenoxy) is 1. The average molecular weight is 548 g/mol. The highest BCUT2D eigenvalue weighted by atomic mass is 35.5. The summed E-state index contributed by atoms with van der Waals surface area (Å²) in [6.45, 7) is 2.94. The standard InChI is InChI=1S/C28H26ClN5O3S/c1-15-23-20(12-19-24(15)38-26(30-19)17-8-9-17)32(2)27(35)21(14-37-23)33-11-10-18-22(28(33)36)31-34(25(18)29)13-16-6-4-3-5-7-16/h3-7,12,17,21H,8-11,13-14H2,1-2H3/t21-/m0/s1. The summed E-state index contributed by atoms with van der Waals surface area (Å²) in [5, 5.41) is 6.20. The molecule has 0 spiro atoms. The maximum atomic E-state index is 13.7. The van der Waals surface area contributed by atoms with Crippen LogP contribution in [0.2, 0.25) is 5.15 Å². The van der Waals surface area contributed by atoms with Crippen LogP contribution in [0.15, 0.2) is 36.4 Å². The van der Waals surface area contributed by atoms with E-state index >= 15 is 0 Å². The molecule has 194 valence electrons. The monoisotopic (exact) mass is 547 g/mol. The molecule has 38 heavy (non-hydrogen) atoms. The van der Waals surface area contributed by atoms with E-state index in [0.29, 0.717) is 47.7 Å². The molecule has 4 heterocycles. The zero-order valence-corrected chi connectivity index (χ0v) is 22.7. The van der Waals surface area contributed by atoms with Gasteiger partial charge in [-0.1, -0.05) is 41.9 Å². The molecule has 2 aliphatic heterocycles. The van der Waals surface area contributed by atoms with E-state index in [-0.39, 0.29) is 18.4 Å². The number of amides is 2. The summed E-state index contributed by atoms with van der Waals surface area (Å²) in [7, 11) is 1.74. The number of aromatic nitrogens is 3. The molecule has 0 bridgehead atoms. The van der Waals surface area contributed by atoms with E-state index in [0.717, 1.165) is 31.9 Å². The van der Waals surface area contributed by atoms with E-state index in [1.165, 1.54) is 12.8 Å². The van der Waals surface area contributed by atoms with Crippen molar-refractivity contribution >= 4 is 50.7 Å². The maximum Gasteiger partial charge on any atom is 0.275 e. The van der Waals surface area contributed by atoms with Crippen LogP contribution < -0.4 is 9.64 Å². The van der Waals surface area contributed by atoms with Gasteiger partial charge in [-0.25, -0.2) is 9.67 Å². The van der Waals surface area contributed by atoms with Crippen LogP contribution in [0.1, 0.15) is 50.9 Å². The molecule has 3 aliphatic rings. The predicted molar refractivity (Wildman–Crippen MR) is 147 cm³/mol. The van der Waals surface area contributed by atoms with Crippen molar-refractivity contribution in [3.8, 4) is 5.75 Å². The molecule has 0 unspecified atom stereocenters. The molecule has 1 atom stereocenters. The number of anilines is 1. The van der Waals surface area contributed by atoms with Gasteiger partial charge in [-0.15, -0.1) is 11.3 Å². The number of hydrogen-bond acceptors (Lipinski definition) is 6. The third kappa shape index (κ3) is 3.71. The smallest absolute Gasteiger partial charge is 0.275 e. The van der Waals surface area contributed by atoms with Crippen LogP contribution in [0.3, 0.4) is 0 Å². The van der Waals surface area contributed by atoms with Gasteiger partial charge in [0.15, 0.2) is 5.69 Å². The van der Waals surface area contributed by atoms with E-state index in [4.69, 9.17) is 21.3 Å². The number of rotatable bonds is 4. The van der Waals surface area contributed by atoms with Gasteiger partial charge in [0.1, 0.15) is 23.6 Å². The Labute approximate surface area is 228 Å². The first-order valence-electron chi connectivity index (χ1n) is 12.8. The molecule has 0 N–H and O–H groups in total. The lowest BCUT2D eigenvalue weighted by atomic mass is 10.0. The average Bonchev–Trinajstić information content (AvgIpc) is 3.63. The van der Waals surface area contributed by atoms with Gasteiger partial charge in [0, 0.05) is 30.6 Å². The van der Waals surface area contributed by atoms with Gasteiger partial charge < -0.3 is 14.5 Å². The second kappa shape index (κ2) is 8.81. The Kier molecular flexibility index (Phi) is 5.49. The highest BCUT2D eigenvalue weighted by molar-refractivity contribution is 7.18. The second-order valence-corrected chi connectivity index (χ2v) is 11.6. The summed E-state index contributed by atoms with van der Waals surface area (Å²) in [5.41, 5.74) is 4.65. The summed E-state index contributed by atoms with van der Waals surface area (Å²) in [4.78, 5) is 35.4. The van der Waals surface area contributed by atoms with E-state index < -0.39 is 6.04 Å². The topological polar surface area (TPSA) is 80.6 Å². The molecular formula is C28H26ClN5O3S. The zero-order valence-electron chi connectivity index (χ0n) is 21.1. The van der Waals surface area contributed by atoms with Crippen LogP contribution >= 0.6 is 22.9 Å². The predicted octanol–water partition coefficient (Wildman–Crippen LogP) is 4.80. The van der Waals surface area contributed by atoms with Gasteiger partial charge in [-0.3, -0.25) is 9.59 Å². The number of benzene rings is 2. The van der Waals surface area contributed by atoms with Crippen LogP contribution in [0.4, 0.5) is 5.69 Å². The molecule has 1 aliphatic carbocycles. The highest BCUT2D eigenvalue weighted by Crippen LogP contribution is 2.47. The summed E-state index contributed by atoms with van der Waals surface area (Å²) in [6, 6.07) is 11.0. The lowest BCUT2D eigenvalue weighted by Gasteiger charge is -2.33. The lowest BCUT2D eigenvalue weighted by molar-refractivity contribution is -0.123. The number of carbonyl (C=O) groups is 2. The molecule has 2 aromatic carbocycles. The molecule has 0 radical (unpaired) electrons. The fourth-order valence-electron chi connectivity index (χ4n) is 5.44. The van der Waals surface area contributed by atoms with Crippen LogP contribution in [0.25, 0.3) is 10.2 Å². The Hall–Kier alpha value is -3.43. The fraction of sp³-hybridized carbons (Fsp3) is 0.357. The summed E-state index contributed by atoms with van der Waals surface area (Å²) in [6.07, 6.45) is 2.91. The molecule has 0 saturated heterocycles. The number of hydrogen-bond donors (Lipinski definition) is 0. The van der Waals surface area contributed by atoms with Crippen molar-refractivity contribution in [3.05, 3.63) is 68.9 Å². The Balaban J connectivity index is 1.18.